The number of nitrogens with zero attached hydrogens (tertiary/aromatic N) is 3. The van der Waals surface area contributed by atoms with Crippen LogP contribution in [0.5, 0.6) is 0 Å². The second-order valence-electron chi connectivity index (χ2n) is 7.48. The van der Waals surface area contributed by atoms with Crippen molar-refractivity contribution in [3.05, 3.63) is 88.3 Å². The summed E-state index contributed by atoms with van der Waals surface area (Å²) in [7, 11) is 0. The molecule has 0 aliphatic rings. The predicted molar refractivity (Wildman–Crippen MR) is 119 cm³/mol. The molecule has 0 aliphatic carbocycles. The zero-order chi connectivity index (χ0) is 23.6. The Morgan fingerprint density at radius 1 is 1.15 bits per heavy atom. The lowest BCUT2D eigenvalue weighted by molar-refractivity contribution is -0.139. The molecule has 0 radical (unpaired) electrons. The molecular formula is C23H19F3N4O2S. The van der Waals surface area contributed by atoms with Gasteiger partial charge in [-0.3, -0.25) is 4.79 Å². The summed E-state index contributed by atoms with van der Waals surface area (Å²) in [4.78, 5) is 19.8. The van der Waals surface area contributed by atoms with Crippen molar-refractivity contribution in [1.29, 1.82) is 0 Å². The molecule has 0 amide bonds. The maximum absolute atomic E-state index is 13.6. The van der Waals surface area contributed by atoms with Gasteiger partial charge in [-0.15, -0.1) is 11.3 Å². The van der Waals surface area contributed by atoms with E-state index in [1.807, 2.05) is 0 Å². The van der Waals surface area contributed by atoms with E-state index in [2.05, 4.69) is 9.97 Å². The maximum Gasteiger partial charge on any atom is 0.426 e. The molecule has 33 heavy (non-hydrogen) atoms. The largest absolute Gasteiger partial charge is 0.481 e. The number of imidazole rings is 1. The molecule has 1 aromatic carbocycles. The fraction of sp³-hybridized carbons (Fsp3) is 0.174. The fourth-order valence-electron chi connectivity index (χ4n) is 3.50. The summed E-state index contributed by atoms with van der Waals surface area (Å²) < 4.78 is 42.5. The molecule has 0 aliphatic heterocycles. The molecule has 10 heteroatoms. The lowest BCUT2D eigenvalue weighted by Gasteiger charge is -2.09. The van der Waals surface area contributed by atoms with E-state index in [1.54, 1.807) is 53.2 Å². The van der Waals surface area contributed by atoms with E-state index in [1.165, 1.54) is 18.6 Å². The van der Waals surface area contributed by atoms with E-state index < -0.39 is 22.9 Å². The number of nitrogens with two attached hydrogens (primary N) is 1. The van der Waals surface area contributed by atoms with Crippen LogP contribution in [0.2, 0.25) is 0 Å². The van der Waals surface area contributed by atoms with Crippen LogP contribution in [-0.4, -0.2) is 25.6 Å². The molecule has 0 bridgehead atoms. The van der Waals surface area contributed by atoms with Crippen molar-refractivity contribution in [3.63, 3.8) is 0 Å². The van der Waals surface area contributed by atoms with Crippen molar-refractivity contribution in [2.45, 2.75) is 25.1 Å². The van der Waals surface area contributed by atoms with E-state index in [0.717, 1.165) is 0 Å². The average molecular weight is 472 g/mol. The Labute approximate surface area is 191 Å². The topological polar surface area (TPSA) is 94.0 Å². The van der Waals surface area contributed by atoms with Gasteiger partial charge >= 0.3 is 12.1 Å². The van der Waals surface area contributed by atoms with Gasteiger partial charge in [0, 0.05) is 22.8 Å². The third-order valence-corrected chi connectivity index (χ3v) is 6.22. The number of carboxylic acids is 1. The maximum atomic E-state index is 13.6. The van der Waals surface area contributed by atoms with Gasteiger partial charge in [0.25, 0.3) is 0 Å². The number of benzene rings is 1. The summed E-state index contributed by atoms with van der Waals surface area (Å²) in [5.74, 6) is -1.65. The molecule has 1 unspecified atom stereocenters. The number of carbonyl (C=O) groups is 1. The van der Waals surface area contributed by atoms with Gasteiger partial charge in [-0.1, -0.05) is 36.4 Å². The summed E-state index contributed by atoms with van der Waals surface area (Å²) in [5.41, 5.74) is 7.19. The van der Waals surface area contributed by atoms with Crippen LogP contribution in [0.3, 0.4) is 0 Å². The van der Waals surface area contributed by atoms with Gasteiger partial charge in [-0.05, 0) is 29.7 Å². The highest BCUT2D eigenvalue weighted by molar-refractivity contribution is 7.12. The number of halogens is 3. The minimum absolute atomic E-state index is 0.128. The van der Waals surface area contributed by atoms with Gasteiger partial charge in [-0.25, -0.2) is 9.97 Å². The van der Waals surface area contributed by atoms with Crippen LogP contribution in [-0.2, 0) is 23.9 Å². The van der Waals surface area contributed by atoms with Crippen LogP contribution in [0.25, 0.3) is 11.1 Å². The first-order chi connectivity index (χ1) is 15.7. The molecule has 4 aromatic rings. The summed E-state index contributed by atoms with van der Waals surface area (Å²) >= 11 is 0.674. The number of rotatable bonds is 7. The minimum atomic E-state index is -4.48. The summed E-state index contributed by atoms with van der Waals surface area (Å²) in [6, 6.07) is 13.2. The number of aliphatic carboxylic acids is 1. The number of nitrogen functional groups attached to an aromatic ring is 1. The van der Waals surface area contributed by atoms with Crippen molar-refractivity contribution in [3.8, 4) is 11.1 Å². The Hall–Kier alpha value is -3.66. The quantitative estimate of drug-likeness (QED) is 0.392. The van der Waals surface area contributed by atoms with E-state index in [9.17, 15) is 23.1 Å². The average Bonchev–Trinajstić information content (AvgIpc) is 3.41. The second-order valence-corrected chi connectivity index (χ2v) is 8.61. The van der Waals surface area contributed by atoms with Crippen molar-refractivity contribution < 1.29 is 23.1 Å². The molecular weight excluding hydrogens is 453 g/mol. The predicted octanol–water partition coefficient (Wildman–Crippen LogP) is 5.07. The standard InChI is InChI=1S/C23H19F3N4O2S/c24-23(25,26)21-17(15-4-2-1-3-5-15)9-16(33-21)11-30-12-19(29-13-30)18(22(31)32)8-14-6-7-20(27)28-10-14/h1-7,9-10,12-13,18H,8,11H2,(H2,27,28)(H,31,32). The Morgan fingerprint density at radius 2 is 1.91 bits per heavy atom. The molecule has 1 atom stereocenters. The number of alkyl halides is 3. The Morgan fingerprint density at radius 3 is 2.55 bits per heavy atom. The highest BCUT2D eigenvalue weighted by Gasteiger charge is 2.36. The number of pyridine rings is 1. The third kappa shape index (κ3) is 5.23. The number of thiophene rings is 1. The van der Waals surface area contributed by atoms with Gasteiger partial charge in [-0.2, -0.15) is 13.2 Å². The van der Waals surface area contributed by atoms with Crippen LogP contribution in [0, 0.1) is 0 Å². The Bertz CT molecular complexity index is 1250. The number of carboxylic acid groups (broad SMARTS) is 1. The highest BCUT2D eigenvalue weighted by Crippen LogP contribution is 2.43. The fourth-order valence-corrected chi connectivity index (χ4v) is 4.55. The van der Waals surface area contributed by atoms with Crippen LogP contribution in [0.1, 0.15) is 26.9 Å². The molecule has 0 fully saturated rings. The van der Waals surface area contributed by atoms with Gasteiger partial charge in [0.2, 0.25) is 0 Å². The minimum Gasteiger partial charge on any atom is -0.481 e. The highest BCUT2D eigenvalue weighted by atomic mass is 32.1. The van der Waals surface area contributed by atoms with E-state index in [0.29, 0.717) is 38.9 Å². The molecule has 3 heterocycles. The lowest BCUT2D eigenvalue weighted by Crippen LogP contribution is -2.15. The lowest BCUT2D eigenvalue weighted by atomic mass is 9.98. The molecule has 3 N–H and O–H groups in total. The number of hydrogen-bond acceptors (Lipinski definition) is 5. The Kier molecular flexibility index (Phi) is 6.19. The first kappa shape index (κ1) is 22.5. The normalized spacial score (nSPS) is 12.6. The molecule has 0 spiro atoms. The van der Waals surface area contributed by atoms with Crippen molar-refractivity contribution >= 4 is 23.1 Å². The van der Waals surface area contributed by atoms with Gasteiger partial charge in [0.15, 0.2) is 0 Å². The third-order valence-electron chi connectivity index (χ3n) is 5.06. The molecule has 4 rings (SSSR count). The number of anilines is 1. The van der Waals surface area contributed by atoms with Gasteiger partial charge in [0.1, 0.15) is 16.6 Å². The summed E-state index contributed by atoms with van der Waals surface area (Å²) in [6.07, 6.45) is 0.183. The summed E-state index contributed by atoms with van der Waals surface area (Å²) in [6.45, 7) is 0.142. The monoisotopic (exact) mass is 472 g/mol. The van der Waals surface area contributed by atoms with Crippen LogP contribution in [0.15, 0.2) is 67.3 Å². The summed E-state index contributed by atoms with van der Waals surface area (Å²) in [5, 5.41) is 9.68. The van der Waals surface area contributed by atoms with Crippen molar-refractivity contribution in [2.24, 2.45) is 0 Å². The molecule has 6 nitrogen and oxygen atoms in total. The van der Waals surface area contributed by atoms with Gasteiger partial charge < -0.3 is 15.4 Å². The van der Waals surface area contributed by atoms with Crippen LogP contribution < -0.4 is 5.73 Å². The van der Waals surface area contributed by atoms with E-state index >= 15 is 0 Å². The first-order valence-electron chi connectivity index (χ1n) is 9.91. The van der Waals surface area contributed by atoms with Crippen molar-refractivity contribution in [1.82, 2.24) is 14.5 Å². The number of hydrogen-bond donors (Lipinski definition) is 2. The Balaban J connectivity index is 1.58. The molecule has 0 saturated heterocycles. The van der Waals surface area contributed by atoms with Crippen molar-refractivity contribution in [2.75, 3.05) is 5.73 Å². The zero-order valence-electron chi connectivity index (χ0n) is 17.2. The zero-order valence-corrected chi connectivity index (χ0v) is 18.0. The number of aromatic nitrogens is 3. The molecule has 0 saturated carbocycles. The van der Waals surface area contributed by atoms with E-state index in [-0.39, 0.29) is 18.5 Å². The van der Waals surface area contributed by atoms with Crippen LogP contribution in [0.4, 0.5) is 19.0 Å². The smallest absolute Gasteiger partial charge is 0.426 e. The first-order valence-corrected chi connectivity index (χ1v) is 10.7. The molecule has 3 aromatic heterocycles. The van der Waals surface area contributed by atoms with E-state index in [4.69, 9.17) is 5.73 Å². The van der Waals surface area contributed by atoms with Crippen LogP contribution >= 0.6 is 11.3 Å². The second kappa shape index (κ2) is 9.07. The molecule has 170 valence electrons. The van der Waals surface area contributed by atoms with Gasteiger partial charge in [0.05, 0.1) is 18.6 Å². The SMILES string of the molecule is Nc1ccc(CC(C(=O)O)c2cn(Cc3cc(-c4ccccc4)c(C(F)(F)F)s3)cn2)cn1.